The summed E-state index contributed by atoms with van der Waals surface area (Å²) in [4.78, 5) is 16.4. The first-order valence-electron chi connectivity index (χ1n) is 7.00. The summed E-state index contributed by atoms with van der Waals surface area (Å²) in [7, 11) is 1.62. The van der Waals surface area contributed by atoms with E-state index < -0.39 is 0 Å². The number of nitrogens with zero attached hydrogens (tertiary/aromatic N) is 2. The van der Waals surface area contributed by atoms with Crippen LogP contribution in [0.15, 0.2) is 57.8 Å². The first-order chi connectivity index (χ1) is 11.2. The van der Waals surface area contributed by atoms with E-state index in [1.165, 1.54) is 0 Å². The maximum Gasteiger partial charge on any atom is 0.286 e. The minimum Gasteiger partial charge on any atom is -0.497 e. The number of nitrogens with one attached hydrogen (secondary N) is 1. The Labute approximate surface area is 141 Å². The minimum atomic E-state index is -0.278. The van der Waals surface area contributed by atoms with Gasteiger partial charge in [0.05, 0.1) is 7.11 Å². The standard InChI is InChI=1S/C17H14BrN3O2/c1-23-14-7-5-11(6-8-14)9-15-17(22)21-20-16(19-15)12-3-2-4-13(18)10-12/h2-8,10H,9H2,1H3,(H,21,22). The van der Waals surface area contributed by atoms with Gasteiger partial charge in [-0.1, -0.05) is 40.2 Å². The predicted molar refractivity (Wildman–Crippen MR) is 91.6 cm³/mol. The van der Waals surface area contributed by atoms with Gasteiger partial charge in [-0.2, -0.15) is 5.10 Å². The minimum absolute atomic E-state index is 0.278. The predicted octanol–water partition coefficient (Wildman–Crippen LogP) is 3.19. The highest BCUT2D eigenvalue weighted by Crippen LogP contribution is 2.19. The van der Waals surface area contributed by atoms with E-state index in [-0.39, 0.29) is 5.56 Å². The van der Waals surface area contributed by atoms with Crippen molar-refractivity contribution in [3.63, 3.8) is 0 Å². The lowest BCUT2D eigenvalue weighted by molar-refractivity contribution is 0.414. The molecule has 0 unspecified atom stereocenters. The summed E-state index contributed by atoms with van der Waals surface area (Å²) < 4.78 is 6.07. The molecular formula is C17H14BrN3O2. The second-order valence-electron chi connectivity index (χ2n) is 4.97. The molecule has 0 radical (unpaired) electrons. The molecule has 0 saturated heterocycles. The van der Waals surface area contributed by atoms with E-state index in [2.05, 4.69) is 31.1 Å². The van der Waals surface area contributed by atoms with Gasteiger partial charge in [0.1, 0.15) is 11.4 Å². The van der Waals surface area contributed by atoms with Gasteiger partial charge in [0, 0.05) is 16.5 Å². The van der Waals surface area contributed by atoms with Crippen molar-refractivity contribution in [3.8, 4) is 17.1 Å². The molecule has 1 heterocycles. The van der Waals surface area contributed by atoms with Crippen LogP contribution in [0.3, 0.4) is 0 Å². The molecule has 0 bridgehead atoms. The summed E-state index contributed by atoms with van der Waals surface area (Å²) in [5, 5.41) is 6.55. The molecule has 23 heavy (non-hydrogen) atoms. The molecular weight excluding hydrogens is 358 g/mol. The van der Waals surface area contributed by atoms with Crippen molar-refractivity contribution >= 4 is 15.9 Å². The van der Waals surface area contributed by atoms with Crippen molar-refractivity contribution in [2.75, 3.05) is 7.11 Å². The number of rotatable bonds is 4. The van der Waals surface area contributed by atoms with Gasteiger partial charge >= 0.3 is 0 Å². The van der Waals surface area contributed by atoms with E-state index >= 15 is 0 Å². The molecule has 116 valence electrons. The lowest BCUT2D eigenvalue weighted by atomic mass is 10.1. The van der Waals surface area contributed by atoms with Crippen molar-refractivity contribution in [2.24, 2.45) is 0 Å². The number of benzene rings is 2. The third-order valence-corrected chi connectivity index (χ3v) is 3.87. The maximum atomic E-state index is 12.0. The molecule has 0 fully saturated rings. The number of methoxy groups -OCH3 is 1. The summed E-state index contributed by atoms with van der Waals surface area (Å²) in [5.74, 6) is 1.27. The lowest BCUT2D eigenvalue weighted by Crippen LogP contribution is -2.18. The Balaban J connectivity index is 1.92. The molecule has 5 nitrogen and oxygen atoms in total. The van der Waals surface area contributed by atoms with Crippen molar-refractivity contribution < 1.29 is 4.74 Å². The zero-order chi connectivity index (χ0) is 16.2. The second kappa shape index (κ2) is 6.75. The van der Waals surface area contributed by atoms with E-state index in [4.69, 9.17) is 4.74 Å². The van der Waals surface area contributed by atoms with Crippen LogP contribution in [0.4, 0.5) is 0 Å². The third-order valence-electron chi connectivity index (χ3n) is 3.38. The van der Waals surface area contributed by atoms with Gasteiger partial charge in [0.15, 0.2) is 5.82 Å². The number of hydrogen-bond acceptors (Lipinski definition) is 4. The summed E-state index contributed by atoms with van der Waals surface area (Å²) in [6.07, 6.45) is 0.433. The van der Waals surface area contributed by atoms with Crippen LogP contribution >= 0.6 is 15.9 Å². The monoisotopic (exact) mass is 371 g/mol. The normalized spacial score (nSPS) is 10.5. The molecule has 2 aromatic carbocycles. The Morgan fingerprint density at radius 1 is 1.17 bits per heavy atom. The molecule has 0 aliphatic heterocycles. The van der Waals surface area contributed by atoms with Crippen LogP contribution in [-0.4, -0.2) is 22.3 Å². The quantitative estimate of drug-likeness (QED) is 0.764. The van der Waals surface area contributed by atoms with Gasteiger partial charge in [0.2, 0.25) is 0 Å². The van der Waals surface area contributed by atoms with Crippen LogP contribution < -0.4 is 10.3 Å². The van der Waals surface area contributed by atoms with Gasteiger partial charge in [-0.25, -0.2) is 10.1 Å². The van der Waals surface area contributed by atoms with Crippen molar-refractivity contribution in [1.82, 2.24) is 15.2 Å². The summed E-state index contributed by atoms with van der Waals surface area (Å²) in [6, 6.07) is 15.2. The van der Waals surface area contributed by atoms with Crippen molar-refractivity contribution in [1.29, 1.82) is 0 Å². The topological polar surface area (TPSA) is 67.9 Å². The zero-order valence-electron chi connectivity index (χ0n) is 12.4. The molecule has 1 aromatic heterocycles. The average molecular weight is 372 g/mol. The molecule has 0 aliphatic rings. The van der Waals surface area contributed by atoms with E-state index in [9.17, 15) is 4.79 Å². The molecule has 0 spiro atoms. The fraction of sp³-hybridized carbons (Fsp3) is 0.118. The summed E-state index contributed by atoms with van der Waals surface area (Å²) >= 11 is 3.42. The van der Waals surface area contributed by atoms with Gasteiger partial charge in [-0.3, -0.25) is 4.79 Å². The van der Waals surface area contributed by atoms with E-state index in [0.717, 1.165) is 21.3 Å². The van der Waals surface area contributed by atoms with E-state index in [1.807, 2.05) is 48.5 Å². The molecule has 6 heteroatoms. The van der Waals surface area contributed by atoms with Crippen LogP contribution in [0.2, 0.25) is 0 Å². The summed E-state index contributed by atoms with van der Waals surface area (Å²) in [5.41, 5.74) is 1.97. The van der Waals surface area contributed by atoms with Crippen LogP contribution in [0.25, 0.3) is 11.4 Å². The van der Waals surface area contributed by atoms with Crippen molar-refractivity contribution in [2.45, 2.75) is 6.42 Å². The van der Waals surface area contributed by atoms with Gasteiger partial charge in [-0.05, 0) is 29.8 Å². The molecule has 3 rings (SSSR count). The molecule has 0 atom stereocenters. The van der Waals surface area contributed by atoms with Crippen LogP contribution in [0, 0.1) is 0 Å². The van der Waals surface area contributed by atoms with E-state index in [0.29, 0.717) is 17.9 Å². The van der Waals surface area contributed by atoms with Crippen LogP contribution in [-0.2, 0) is 6.42 Å². The van der Waals surface area contributed by atoms with Gasteiger partial charge in [-0.15, -0.1) is 0 Å². The Bertz CT molecular complexity index is 876. The number of aromatic amines is 1. The largest absolute Gasteiger partial charge is 0.497 e. The Morgan fingerprint density at radius 2 is 1.96 bits per heavy atom. The van der Waals surface area contributed by atoms with Gasteiger partial charge in [0.25, 0.3) is 5.56 Å². The average Bonchev–Trinajstić information content (AvgIpc) is 2.57. The fourth-order valence-corrected chi connectivity index (χ4v) is 2.58. The number of ether oxygens (including phenoxy) is 1. The molecule has 0 amide bonds. The number of aromatic nitrogens is 3. The summed E-state index contributed by atoms with van der Waals surface area (Å²) in [6.45, 7) is 0. The SMILES string of the molecule is COc1ccc(Cc2nc(-c3cccc(Br)c3)n[nH]c2=O)cc1. The van der Waals surface area contributed by atoms with Crippen LogP contribution in [0.1, 0.15) is 11.3 Å². The number of hydrogen-bond donors (Lipinski definition) is 1. The Kier molecular flexibility index (Phi) is 4.52. The molecule has 0 aliphatic carbocycles. The van der Waals surface area contributed by atoms with E-state index in [1.54, 1.807) is 7.11 Å². The molecule has 0 saturated carbocycles. The smallest absolute Gasteiger partial charge is 0.286 e. The number of H-pyrrole nitrogens is 1. The molecule has 1 N–H and O–H groups in total. The lowest BCUT2D eigenvalue weighted by Gasteiger charge is -2.05. The second-order valence-corrected chi connectivity index (χ2v) is 5.89. The van der Waals surface area contributed by atoms with Crippen LogP contribution in [0.5, 0.6) is 5.75 Å². The zero-order valence-corrected chi connectivity index (χ0v) is 14.0. The number of halogens is 1. The first kappa shape index (κ1) is 15.4. The maximum absolute atomic E-state index is 12.0. The Morgan fingerprint density at radius 3 is 2.65 bits per heavy atom. The Hall–Kier alpha value is -2.47. The highest BCUT2D eigenvalue weighted by Gasteiger charge is 2.09. The first-order valence-corrected chi connectivity index (χ1v) is 7.79. The third kappa shape index (κ3) is 3.65. The molecule has 3 aromatic rings. The fourth-order valence-electron chi connectivity index (χ4n) is 2.19. The highest BCUT2D eigenvalue weighted by atomic mass is 79.9. The van der Waals surface area contributed by atoms with Gasteiger partial charge < -0.3 is 4.74 Å². The highest BCUT2D eigenvalue weighted by molar-refractivity contribution is 9.10. The van der Waals surface area contributed by atoms with Crippen molar-refractivity contribution in [3.05, 3.63) is 74.6 Å².